The minimum Gasteiger partial charge on any atom is -0.242 e. The zero-order valence-corrected chi connectivity index (χ0v) is 19.9. The molecule has 0 saturated carbocycles. The van der Waals surface area contributed by atoms with Gasteiger partial charge in [0.2, 0.25) is 11.6 Å². The molecule has 4 aromatic heterocycles. The molecule has 0 spiro atoms. The first-order chi connectivity index (χ1) is 16.6. The molecule has 5 aromatic rings. The highest BCUT2D eigenvalue weighted by Gasteiger charge is 2.13. The van der Waals surface area contributed by atoms with Gasteiger partial charge in [-0.3, -0.25) is 0 Å². The van der Waals surface area contributed by atoms with Gasteiger partial charge in [-0.15, -0.1) is 10.2 Å². The molecule has 0 fully saturated rings. The zero-order chi connectivity index (χ0) is 23.7. The van der Waals surface area contributed by atoms with Gasteiger partial charge in [-0.05, 0) is 38.8 Å². The average Bonchev–Trinajstić information content (AvgIpc) is 2.86. The van der Waals surface area contributed by atoms with Gasteiger partial charge in [-0.2, -0.15) is 10.2 Å². The second-order valence-corrected chi connectivity index (χ2v) is 8.44. The van der Waals surface area contributed by atoms with Gasteiger partial charge in [0.25, 0.3) is 0 Å². The van der Waals surface area contributed by atoms with E-state index in [9.17, 15) is 0 Å². The maximum absolute atomic E-state index is 4.90. The number of hydrogen-bond donors (Lipinski definition) is 0. The molecule has 0 saturated heterocycles. The third kappa shape index (κ3) is 4.07. The second-order valence-electron chi connectivity index (χ2n) is 8.44. The van der Waals surface area contributed by atoms with E-state index in [4.69, 9.17) is 9.97 Å². The Balaban J connectivity index is 1.62. The molecule has 0 amide bonds. The number of benzene rings is 1. The molecular formula is C26H26N8. The third-order valence-electron chi connectivity index (χ3n) is 5.86. The van der Waals surface area contributed by atoms with E-state index >= 15 is 0 Å². The van der Waals surface area contributed by atoms with Crippen LogP contribution in [-0.4, -0.2) is 40.3 Å². The minimum atomic E-state index is 0.516. The fraction of sp³-hybridized carbons (Fsp3) is 0.308. The van der Waals surface area contributed by atoms with Crippen LogP contribution in [0.2, 0.25) is 0 Å². The smallest absolute Gasteiger partial charge is 0.200 e. The first-order valence-corrected chi connectivity index (χ1v) is 11.7. The molecule has 0 aliphatic heterocycles. The first-order valence-electron chi connectivity index (χ1n) is 11.7. The van der Waals surface area contributed by atoms with Crippen LogP contribution in [0.5, 0.6) is 0 Å². The van der Waals surface area contributed by atoms with Crippen molar-refractivity contribution in [2.45, 2.75) is 53.4 Å². The summed E-state index contributed by atoms with van der Waals surface area (Å²) in [7, 11) is 0. The summed E-state index contributed by atoms with van der Waals surface area (Å²) in [5, 5.41) is 19.4. The molecule has 4 heterocycles. The van der Waals surface area contributed by atoms with Crippen LogP contribution in [0.4, 0.5) is 0 Å². The molecule has 34 heavy (non-hydrogen) atoms. The normalized spacial score (nSPS) is 11.4. The molecule has 8 heteroatoms. The Bertz CT molecular complexity index is 1400. The number of aromatic nitrogens is 8. The first kappa shape index (κ1) is 21.9. The van der Waals surface area contributed by atoms with Crippen molar-refractivity contribution >= 4 is 21.8 Å². The lowest BCUT2D eigenvalue weighted by atomic mass is 10.1. The van der Waals surface area contributed by atoms with Crippen molar-refractivity contribution in [2.24, 2.45) is 0 Å². The maximum Gasteiger partial charge on any atom is 0.200 e. The highest BCUT2D eigenvalue weighted by molar-refractivity contribution is 6.03. The lowest BCUT2D eigenvalue weighted by Crippen LogP contribution is -2.04. The minimum absolute atomic E-state index is 0.516. The largest absolute Gasteiger partial charge is 0.242 e. The molecule has 0 atom stereocenters. The van der Waals surface area contributed by atoms with E-state index in [1.807, 2.05) is 50.2 Å². The molecule has 0 aliphatic carbocycles. The van der Waals surface area contributed by atoms with E-state index in [1.165, 1.54) is 0 Å². The summed E-state index contributed by atoms with van der Waals surface area (Å²) in [6.07, 6.45) is 3.74. The number of rotatable bonds is 6. The predicted molar refractivity (Wildman–Crippen MR) is 132 cm³/mol. The summed E-state index contributed by atoms with van der Waals surface area (Å²) < 4.78 is 0. The van der Waals surface area contributed by atoms with Gasteiger partial charge in [0, 0.05) is 10.8 Å². The fourth-order valence-electron chi connectivity index (χ4n) is 4.02. The third-order valence-corrected chi connectivity index (χ3v) is 5.86. The number of pyridine rings is 2. The van der Waals surface area contributed by atoms with Crippen molar-refractivity contribution in [3.63, 3.8) is 0 Å². The summed E-state index contributed by atoms with van der Waals surface area (Å²) in [6.45, 7) is 8.17. The lowest BCUT2D eigenvalue weighted by molar-refractivity contribution is 0.800. The Labute approximate surface area is 198 Å². The van der Waals surface area contributed by atoms with Gasteiger partial charge in [-0.25, -0.2) is 19.9 Å². The number of hydrogen-bond acceptors (Lipinski definition) is 8. The fourth-order valence-corrected chi connectivity index (χ4v) is 4.02. The number of aryl methyl sites for hydroxylation is 4. The van der Waals surface area contributed by atoms with Gasteiger partial charge in [0.1, 0.15) is 11.4 Å². The quantitative estimate of drug-likeness (QED) is 0.333. The van der Waals surface area contributed by atoms with Crippen LogP contribution >= 0.6 is 0 Å². The zero-order valence-electron chi connectivity index (χ0n) is 19.9. The molecule has 5 rings (SSSR count). The Hall–Kier alpha value is -3.94. The van der Waals surface area contributed by atoms with Crippen LogP contribution in [0, 0.1) is 13.8 Å². The van der Waals surface area contributed by atoms with Crippen molar-refractivity contribution in [2.75, 3.05) is 0 Å². The van der Waals surface area contributed by atoms with Crippen molar-refractivity contribution in [3.8, 4) is 23.0 Å². The monoisotopic (exact) mass is 450 g/mol. The van der Waals surface area contributed by atoms with Crippen molar-refractivity contribution in [3.05, 3.63) is 59.2 Å². The van der Waals surface area contributed by atoms with E-state index in [0.717, 1.165) is 70.3 Å². The molecule has 0 aliphatic rings. The van der Waals surface area contributed by atoms with E-state index < -0.39 is 0 Å². The summed E-state index contributed by atoms with van der Waals surface area (Å²) in [6, 6.07) is 12.0. The van der Waals surface area contributed by atoms with Crippen LogP contribution < -0.4 is 0 Å². The Morgan fingerprint density at radius 1 is 0.529 bits per heavy atom. The van der Waals surface area contributed by atoms with Crippen LogP contribution in [0.25, 0.3) is 44.8 Å². The second kappa shape index (κ2) is 9.13. The van der Waals surface area contributed by atoms with Gasteiger partial charge in [0.05, 0.1) is 33.8 Å². The van der Waals surface area contributed by atoms with Crippen LogP contribution in [0.3, 0.4) is 0 Å². The summed E-state index contributed by atoms with van der Waals surface area (Å²) in [5.74, 6) is 1.03. The molecule has 8 nitrogen and oxygen atoms in total. The van der Waals surface area contributed by atoms with Crippen molar-refractivity contribution in [1.82, 2.24) is 40.3 Å². The van der Waals surface area contributed by atoms with E-state index in [-0.39, 0.29) is 0 Å². The summed E-state index contributed by atoms with van der Waals surface area (Å²) in [4.78, 5) is 19.1. The summed E-state index contributed by atoms with van der Waals surface area (Å²) >= 11 is 0. The van der Waals surface area contributed by atoms with Gasteiger partial charge in [-0.1, -0.05) is 51.0 Å². The molecule has 0 bridgehead atoms. The van der Waals surface area contributed by atoms with Crippen LogP contribution in [-0.2, 0) is 12.8 Å². The molecule has 1 aromatic carbocycles. The molecular weight excluding hydrogens is 424 g/mol. The van der Waals surface area contributed by atoms with Crippen molar-refractivity contribution in [1.29, 1.82) is 0 Å². The topological polar surface area (TPSA) is 103 Å². The molecule has 0 N–H and O–H groups in total. The SMILES string of the molecule is CCCc1nnc(-c2ccc3ccc4ccc(-c5nnc(CCC)c(C)n5)nc4c3n2)nc1C. The summed E-state index contributed by atoms with van der Waals surface area (Å²) in [5.41, 5.74) is 6.53. The van der Waals surface area contributed by atoms with Crippen LogP contribution in [0.1, 0.15) is 49.5 Å². The number of fused-ring (bicyclic) bond motifs is 3. The van der Waals surface area contributed by atoms with Crippen LogP contribution in [0.15, 0.2) is 36.4 Å². The lowest BCUT2D eigenvalue weighted by Gasteiger charge is -2.08. The van der Waals surface area contributed by atoms with Gasteiger partial charge >= 0.3 is 0 Å². The van der Waals surface area contributed by atoms with Gasteiger partial charge < -0.3 is 0 Å². The Morgan fingerprint density at radius 2 is 0.941 bits per heavy atom. The molecule has 0 radical (unpaired) electrons. The maximum atomic E-state index is 4.90. The van der Waals surface area contributed by atoms with E-state index in [2.05, 4.69) is 44.2 Å². The highest BCUT2D eigenvalue weighted by Crippen LogP contribution is 2.27. The highest BCUT2D eigenvalue weighted by atomic mass is 15.2. The Morgan fingerprint density at radius 3 is 1.32 bits per heavy atom. The predicted octanol–water partition coefficient (Wildman–Crippen LogP) is 5.01. The average molecular weight is 451 g/mol. The van der Waals surface area contributed by atoms with E-state index in [0.29, 0.717) is 23.0 Å². The Kier molecular flexibility index (Phi) is 5.88. The molecule has 170 valence electrons. The number of nitrogens with zero attached hydrogens (tertiary/aromatic N) is 8. The van der Waals surface area contributed by atoms with E-state index in [1.54, 1.807) is 0 Å². The van der Waals surface area contributed by atoms with Crippen molar-refractivity contribution < 1.29 is 0 Å². The molecule has 0 unspecified atom stereocenters. The van der Waals surface area contributed by atoms with Gasteiger partial charge in [0.15, 0.2) is 0 Å². The standard InChI is InChI=1S/C26H26N8/c1-5-7-19-15(3)27-25(33-31-19)21-13-11-17-9-10-18-12-14-22(30-24(18)23(17)29-21)26-28-16(4)20(8-6-2)32-34-26/h9-14H,5-8H2,1-4H3.